The van der Waals surface area contributed by atoms with Crippen molar-refractivity contribution in [3.05, 3.63) is 69.8 Å². The highest BCUT2D eigenvalue weighted by Gasteiger charge is 2.46. The van der Waals surface area contributed by atoms with Crippen LogP contribution >= 0.6 is 0 Å². The average Bonchev–Trinajstić information content (AvgIpc) is 3.10. The van der Waals surface area contributed by atoms with Crippen LogP contribution in [0.15, 0.2) is 58.7 Å². The summed E-state index contributed by atoms with van der Waals surface area (Å²) in [6, 6.07) is 13.1. The molecule has 4 rings (SSSR count). The summed E-state index contributed by atoms with van der Waals surface area (Å²) in [7, 11) is 0. The van der Waals surface area contributed by atoms with E-state index in [2.05, 4.69) is 26.4 Å². The Morgan fingerprint density at radius 1 is 1.07 bits per heavy atom. The molecule has 2 aromatic rings. The van der Waals surface area contributed by atoms with Gasteiger partial charge in [0, 0.05) is 29.8 Å². The molecule has 2 aliphatic heterocycles. The van der Waals surface area contributed by atoms with Crippen molar-refractivity contribution in [1.82, 2.24) is 16.2 Å². The number of nitro groups is 1. The minimum Gasteiger partial charge on any atom is -0.398 e. The van der Waals surface area contributed by atoms with Gasteiger partial charge in [0.2, 0.25) is 5.66 Å². The molecule has 0 saturated heterocycles. The van der Waals surface area contributed by atoms with E-state index in [0.29, 0.717) is 28.4 Å². The number of rotatable bonds is 3. The van der Waals surface area contributed by atoms with Crippen molar-refractivity contribution in [1.29, 1.82) is 0 Å². The number of amidine groups is 1. The molecule has 1 atom stereocenters. The molecule has 0 saturated carbocycles. The topological polar surface area (TPSA) is 147 Å². The van der Waals surface area contributed by atoms with E-state index in [0.717, 1.165) is 0 Å². The van der Waals surface area contributed by atoms with E-state index >= 15 is 0 Å². The third-order valence-corrected chi connectivity index (χ3v) is 4.42. The fraction of sp³-hybridized carbons (Fsp3) is 0.118. The molecule has 0 aromatic heterocycles. The van der Waals surface area contributed by atoms with Crippen molar-refractivity contribution in [3.8, 4) is 0 Å². The van der Waals surface area contributed by atoms with E-state index in [1.54, 1.807) is 36.4 Å². The van der Waals surface area contributed by atoms with Gasteiger partial charge in [0.25, 0.3) is 11.6 Å². The Morgan fingerprint density at radius 3 is 2.44 bits per heavy atom. The first-order chi connectivity index (χ1) is 13.0. The monoisotopic (exact) mass is 365 g/mol. The fourth-order valence-corrected chi connectivity index (χ4v) is 2.92. The number of nitrogens with two attached hydrogens (primary N) is 1. The highest BCUT2D eigenvalue weighted by atomic mass is 16.6. The smallest absolute Gasteiger partial charge is 0.275 e. The van der Waals surface area contributed by atoms with Gasteiger partial charge in [-0.05, 0) is 29.8 Å². The van der Waals surface area contributed by atoms with Gasteiger partial charge in [-0.1, -0.05) is 12.1 Å². The third kappa shape index (κ3) is 2.82. The fourth-order valence-electron chi connectivity index (χ4n) is 2.92. The summed E-state index contributed by atoms with van der Waals surface area (Å²) < 4.78 is 0. The Hall–Kier alpha value is -3.95. The normalized spacial score (nSPS) is 21.0. The molecule has 136 valence electrons. The van der Waals surface area contributed by atoms with Crippen molar-refractivity contribution in [2.45, 2.75) is 12.1 Å². The van der Waals surface area contributed by atoms with Crippen molar-refractivity contribution in [3.63, 3.8) is 0 Å². The zero-order chi connectivity index (χ0) is 19.0. The predicted molar refractivity (Wildman–Crippen MR) is 98.8 cm³/mol. The second-order valence-electron chi connectivity index (χ2n) is 6.17. The molecule has 0 fully saturated rings. The molecule has 0 radical (unpaired) electrons. The Morgan fingerprint density at radius 2 is 1.78 bits per heavy atom. The minimum absolute atomic E-state index is 0.0109. The number of nitrogen functional groups attached to an aromatic ring is 1. The number of hydrogen-bond acceptors (Lipinski definition) is 8. The summed E-state index contributed by atoms with van der Waals surface area (Å²) in [5.74, 6) is -0.0225. The molecule has 2 aliphatic rings. The number of nitrogens with zero attached hydrogens (tertiary/aromatic N) is 3. The second-order valence-corrected chi connectivity index (χ2v) is 6.17. The Labute approximate surface area is 153 Å². The lowest BCUT2D eigenvalue weighted by molar-refractivity contribution is -0.384. The molecular formula is C17H15N7O3. The maximum absolute atomic E-state index is 12.7. The van der Waals surface area contributed by atoms with E-state index in [4.69, 9.17) is 5.73 Å². The van der Waals surface area contributed by atoms with Gasteiger partial charge in [-0.15, -0.1) is 0 Å². The lowest BCUT2D eigenvalue weighted by atomic mass is 9.98. The van der Waals surface area contributed by atoms with Gasteiger partial charge in [0.05, 0.1) is 10.6 Å². The van der Waals surface area contributed by atoms with Gasteiger partial charge in [-0.3, -0.25) is 25.8 Å². The van der Waals surface area contributed by atoms with Crippen LogP contribution in [0.25, 0.3) is 0 Å². The number of hydrazone groups is 2. The summed E-state index contributed by atoms with van der Waals surface area (Å²) >= 11 is 0. The molecule has 10 nitrogen and oxygen atoms in total. The highest BCUT2D eigenvalue weighted by molar-refractivity contribution is 6.15. The first kappa shape index (κ1) is 16.5. The molecule has 0 bridgehead atoms. The number of anilines is 1. The Bertz CT molecular complexity index is 1000. The molecule has 27 heavy (non-hydrogen) atoms. The molecule has 2 aromatic carbocycles. The van der Waals surface area contributed by atoms with Crippen LogP contribution < -0.4 is 21.9 Å². The second kappa shape index (κ2) is 6.09. The SMILES string of the molecule is Nc1ccccc1C1=NN[C@]2(CC(c3ccc([N+](=O)[O-])cc3)=NN2)C(=O)N1. The summed E-state index contributed by atoms with van der Waals surface area (Å²) in [5, 5.41) is 22.0. The first-order valence-corrected chi connectivity index (χ1v) is 8.08. The standard InChI is InChI=1S/C17H15N7O3/c18-13-4-2-1-3-12(13)15-19-16(25)17(23-21-15)9-14(20-22-17)10-5-7-11(8-6-10)24(26)27/h1-8,22-23H,9,18H2,(H,19,21,25)/t17-/m1/s1. The van der Waals surface area contributed by atoms with Gasteiger partial charge in [0.1, 0.15) is 0 Å². The summed E-state index contributed by atoms with van der Waals surface area (Å²) in [6.45, 7) is 0. The number of hydrogen-bond donors (Lipinski definition) is 4. The number of para-hydroxylation sites is 1. The van der Waals surface area contributed by atoms with Crippen LogP contribution in [0.2, 0.25) is 0 Å². The molecular weight excluding hydrogens is 350 g/mol. The van der Waals surface area contributed by atoms with Gasteiger partial charge in [-0.25, -0.2) is 0 Å². The molecule has 10 heteroatoms. The van der Waals surface area contributed by atoms with E-state index in [9.17, 15) is 14.9 Å². The largest absolute Gasteiger partial charge is 0.398 e. The summed E-state index contributed by atoms with van der Waals surface area (Å²) in [4.78, 5) is 23.0. The maximum Gasteiger partial charge on any atom is 0.275 e. The third-order valence-electron chi connectivity index (χ3n) is 4.42. The van der Waals surface area contributed by atoms with Gasteiger partial charge >= 0.3 is 0 Å². The van der Waals surface area contributed by atoms with Crippen molar-refractivity contribution in [2.75, 3.05) is 5.73 Å². The average molecular weight is 365 g/mol. The van der Waals surface area contributed by atoms with Crippen LogP contribution in [0, 0.1) is 10.1 Å². The number of benzene rings is 2. The Balaban J connectivity index is 1.54. The number of carbonyl (C=O) groups excluding carboxylic acids is 1. The molecule has 1 amide bonds. The van der Waals surface area contributed by atoms with Crippen LogP contribution in [-0.2, 0) is 4.79 Å². The van der Waals surface area contributed by atoms with E-state index < -0.39 is 10.6 Å². The van der Waals surface area contributed by atoms with Gasteiger partial charge < -0.3 is 11.1 Å². The highest BCUT2D eigenvalue weighted by Crippen LogP contribution is 2.24. The molecule has 0 unspecified atom stereocenters. The minimum atomic E-state index is -1.22. The number of amides is 1. The lowest BCUT2D eigenvalue weighted by Gasteiger charge is -2.31. The van der Waals surface area contributed by atoms with Crippen LogP contribution in [0.4, 0.5) is 11.4 Å². The van der Waals surface area contributed by atoms with Crippen LogP contribution in [0.1, 0.15) is 17.5 Å². The number of carbonyl (C=O) groups is 1. The molecule has 2 heterocycles. The molecule has 0 aliphatic carbocycles. The summed E-state index contributed by atoms with van der Waals surface area (Å²) in [6.07, 6.45) is 0.220. The zero-order valence-electron chi connectivity index (χ0n) is 14.0. The molecule has 1 spiro atoms. The van der Waals surface area contributed by atoms with E-state index in [1.165, 1.54) is 12.1 Å². The van der Waals surface area contributed by atoms with Crippen LogP contribution in [0.5, 0.6) is 0 Å². The number of non-ortho nitro benzene ring substituents is 1. The van der Waals surface area contributed by atoms with Gasteiger partial charge in [-0.2, -0.15) is 10.2 Å². The first-order valence-electron chi connectivity index (χ1n) is 8.08. The van der Waals surface area contributed by atoms with E-state index in [-0.39, 0.29) is 18.0 Å². The Kier molecular flexibility index (Phi) is 3.73. The van der Waals surface area contributed by atoms with Crippen molar-refractivity contribution < 1.29 is 9.72 Å². The van der Waals surface area contributed by atoms with Crippen LogP contribution in [-0.4, -0.2) is 28.0 Å². The number of nitro benzene ring substituents is 1. The zero-order valence-corrected chi connectivity index (χ0v) is 14.0. The molecule has 5 N–H and O–H groups in total. The van der Waals surface area contributed by atoms with Crippen molar-refractivity contribution >= 4 is 28.8 Å². The predicted octanol–water partition coefficient (Wildman–Crippen LogP) is 0.652. The van der Waals surface area contributed by atoms with Crippen LogP contribution in [0.3, 0.4) is 0 Å². The maximum atomic E-state index is 12.7. The quantitative estimate of drug-likeness (QED) is 0.357. The van der Waals surface area contributed by atoms with Gasteiger partial charge in [0.15, 0.2) is 5.84 Å². The lowest BCUT2D eigenvalue weighted by Crippen LogP contribution is -2.65. The van der Waals surface area contributed by atoms with E-state index in [1.807, 2.05) is 0 Å². The van der Waals surface area contributed by atoms with Crippen molar-refractivity contribution in [2.24, 2.45) is 10.2 Å². The summed E-state index contributed by atoms with van der Waals surface area (Å²) in [5.41, 5.74) is 12.7. The number of nitrogens with one attached hydrogen (secondary N) is 3.